The molecule has 1 fully saturated rings. The second kappa shape index (κ2) is 9.71. The van der Waals surface area contributed by atoms with E-state index in [9.17, 15) is 8.78 Å². The predicted molar refractivity (Wildman–Crippen MR) is 125 cm³/mol. The Labute approximate surface area is 201 Å². The van der Waals surface area contributed by atoms with Crippen LogP contribution in [0.25, 0.3) is 22.4 Å². The van der Waals surface area contributed by atoms with Crippen molar-refractivity contribution < 1.29 is 18.3 Å². The molecule has 1 aromatic carbocycles. The van der Waals surface area contributed by atoms with Crippen LogP contribution in [0.2, 0.25) is 0 Å². The minimum absolute atomic E-state index is 0.0360. The molecule has 10 heteroatoms. The van der Waals surface area contributed by atoms with Crippen molar-refractivity contribution in [3.05, 3.63) is 65.0 Å². The van der Waals surface area contributed by atoms with E-state index in [4.69, 9.17) is 19.4 Å². The molecular weight excluding hydrogens is 454 g/mol. The quantitative estimate of drug-likeness (QED) is 0.403. The van der Waals surface area contributed by atoms with Gasteiger partial charge in [-0.1, -0.05) is 0 Å². The van der Waals surface area contributed by atoms with Crippen LogP contribution in [-0.2, 0) is 16.0 Å². The van der Waals surface area contributed by atoms with Gasteiger partial charge < -0.3 is 9.47 Å². The van der Waals surface area contributed by atoms with E-state index in [1.807, 2.05) is 24.7 Å². The van der Waals surface area contributed by atoms with Crippen LogP contribution in [-0.4, -0.2) is 50.0 Å². The molecule has 0 bridgehead atoms. The monoisotopic (exact) mass is 480 g/mol. The molecule has 5 rings (SSSR count). The maximum atomic E-state index is 14.8. The van der Waals surface area contributed by atoms with Crippen molar-refractivity contribution in [2.45, 2.75) is 45.3 Å². The summed E-state index contributed by atoms with van der Waals surface area (Å²) in [6.45, 7) is 5.44. The summed E-state index contributed by atoms with van der Waals surface area (Å²) in [5.41, 5.74) is 3.68. The molecule has 4 heterocycles. The number of ether oxygens (including phenoxy) is 2. The topological polar surface area (TPSA) is 87.8 Å². The third kappa shape index (κ3) is 4.76. The van der Waals surface area contributed by atoms with Gasteiger partial charge >= 0.3 is 0 Å². The second-order valence-corrected chi connectivity index (χ2v) is 8.73. The zero-order chi connectivity index (χ0) is 24.5. The molecule has 0 aliphatic carbocycles. The van der Waals surface area contributed by atoms with E-state index in [-0.39, 0.29) is 17.6 Å². The predicted octanol–water partition coefficient (Wildman–Crippen LogP) is 4.46. The van der Waals surface area contributed by atoms with Crippen LogP contribution in [0.4, 0.5) is 8.78 Å². The summed E-state index contributed by atoms with van der Waals surface area (Å²) in [6.07, 6.45) is 4.96. The van der Waals surface area contributed by atoms with Crippen LogP contribution in [0.1, 0.15) is 47.6 Å². The summed E-state index contributed by atoms with van der Waals surface area (Å²) in [5, 5.41) is 4.39. The fourth-order valence-electron chi connectivity index (χ4n) is 4.30. The van der Waals surface area contributed by atoms with Gasteiger partial charge in [-0.15, -0.1) is 0 Å². The Morgan fingerprint density at radius 3 is 2.74 bits per heavy atom. The van der Waals surface area contributed by atoms with Gasteiger partial charge in [-0.25, -0.2) is 28.7 Å². The lowest BCUT2D eigenvalue weighted by atomic mass is 9.92. The summed E-state index contributed by atoms with van der Waals surface area (Å²) >= 11 is 0. The van der Waals surface area contributed by atoms with Gasteiger partial charge in [-0.05, 0) is 38.8 Å². The fourth-order valence-corrected chi connectivity index (χ4v) is 4.30. The second-order valence-electron chi connectivity index (χ2n) is 8.73. The molecule has 0 N–H and O–H groups in total. The van der Waals surface area contributed by atoms with E-state index in [0.29, 0.717) is 61.0 Å². The highest BCUT2D eigenvalue weighted by Gasteiger charge is 2.29. The molecule has 0 spiro atoms. The van der Waals surface area contributed by atoms with Gasteiger partial charge in [0.1, 0.15) is 28.7 Å². The number of benzene rings is 1. The average molecular weight is 481 g/mol. The molecule has 0 radical (unpaired) electrons. The smallest absolute Gasteiger partial charge is 0.182 e. The van der Waals surface area contributed by atoms with Crippen LogP contribution in [0.3, 0.4) is 0 Å². The number of methoxy groups -OCH3 is 1. The van der Waals surface area contributed by atoms with Crippen LogP contribution < -0.4 is 0 Å². The van der Waals surface area contributed by atoms with E-state index in [1.165, 1.54) is 12.1 Å². The lowest BCUT2D eigenvalue weighted by molar-refractivity contribution is 0.00394. The number of hydrogen-bond donors (Lipinski definition) is 0. The molecule has 2 atom stereocenters. The number of halogens is 2. The molecule has 35 heavy (non-hydrogen) atoms. The van der Waals surface area contributed by atoms with Gasteiger partial charge in [0.15, 0.2) is 5.65 Å². The van der Waals surface area contributed by atoms with Crippen molar-refractivity contribution in [2.75, 3.05) is 20.3 Å². The molecule has 4 aromatic rings. The number of aromatic nitrogens is 6. The van der Waals surface area contributed by atoms with Gasteiger partial charge in [0.05, 0.1) is 36.8 Å². The van der Waals surface area contributed by atoms with E-state index in [2.05, 4.69) is 15.1 Å². The van der Waals surface area contributed by atoms with Crippen molar-refractivity contribution >= 4 is 11.2 Å². The first-order valence-electron chi connectivity index (χ1n) is 11.5. The zero-order valence-electron chi connectivity index (χ0n) is 19.8. The van der Waals surface area contributed by atoms with E-state index >= 15 is 0 Å². The first-order valence-corrected chi connectivity index (χ1v) is 11.5. The van der Waals surface area contributed by atoms with Gasteiger partial charge in [0.25, 0.3) is 0 Å². The summed E-state index contributed by atoms with van der Waals surface area (Å²) in [7, 11) is 1.65. The molecule has 3 aromatic heterocycles. The van der Waals surface area contributed by atoms with Gasteiger partial charge in [-0.2, -0.15) is 5.10 Å². The minimum Gasteiger partial charge on any atom is -0.383 e. The Balaban J connectivity index is 1.53. The van der Waals surface area contributed by atoms with Crippen LogP contribution in [0.15, 0.2) is 30.6 Å². The van der Waals surface area contributed by atoms with Crippen molar-refractivity contribution in [1.29, 1.82) is 0 Å². The molecule has 182 valence electrons. The molecule has 8 nitrogen and oxygen atoms in total. The molecule has 0 amide bonds. The molecular formula is C25H26F2N6O2. The standard InChI is InChI=1S/C25H26F2N6O2/c1-14-15(2)30-25-23(29-14)22(19-5-4-18(26)11-20(19)27)31-24(32-25)16-6-8-35-21(10-16)17-12-28-33(13-17)7-9-34-3/h4-5,11-13,16,21H,6-10H2,1-3H3/t16-,21-/m0/s1. The third-order valence-corrected chi connectivity index (χ3v) is 6.34. The fraction of sp³-hybridized carbons (Fsp3) is 0.400. The SMILES string of the molecule is COCCn1cc([C@@H]2C[C@@H](c3nc(-c4ccc(F)cc4F)c4nc(C)c(C)nc4n3)CCO2)cn1. The van der Waals surface area contributed by atoms with E-state index in [1.54, 1.807) is 13.3 Å². The normalized spacial score (nSPS) is 18.3. The Morgan fingerprint density at radius 1 is 1.11 bits per heavy atom. The molecule has 1 saturated heterocycles. The largest absolute Gasteiger partial charge is 0.383 e. The lowest BCUT2D eigenvalue weighted by Gasteiger charge is -2.28. The Hall–Kier alpha value is -3.37. The van der Waals surface area contributed by atoms with Crippen molar-refractivity contribution in [2.24, 2.45) is 0 Å². The van der Waals surface area contributed by atoms with Crippen molar-refractivity contribution in [3.8, 4) is 11.3 Å². The zero-order valence-corrected chi connectivity index (χ0v) is 19.8. The van der Waals surface area contributed by atoms with Crippen LogP contribution in [0, 0.1) is 25.5 Å². The van der Waals surface area contributed by atoms with Crippen LogP contribution in [0.5, 0.6) is 0 Å². The summed E-state index contributed by atoms with van der Waals surface area (Å²) < 4.78 is 41.4. The molecule has 1 aliphatic heterocycles. The summed E-state index contributed by atoms with van der Waals surface area (Å²) in [6, 6.07) is 3.45. The highest BCUT2D eigenvalue weighted by molar-refractivity contribution is 5.87. The molecule has 1 aliphatic rings. The van der Waals surface area contributed by atoms with E-state index in [0.717, 1.165) is 17.3 Å². The number of hydrogen-bond acceptors (Lipinski definition) is 7. The average Bonchev–Trinajstić information content (AvgIpc) is 3.32. The number of fused-ring (bicyclic) bond motifs is 1. The Kier molecular flexibility index (Phi) is 6.48. The number of nitrogens with zero attached hydrogens (tertiary/aromatic N) is 6. The highest BCUT2D eigenvalue weighted by Crippen LogP contribution is 2.38. The van der Waals surface area contributed by atoms with E-state index < -0.39 is 11.6 Å². The van der Waals surface area contributed by atoms with Crippen molar-refractivity contribution in [3.63, 3.8) is 0 Å². The van der Waals surface area contributed by atoms with Crippen molar-refractivity contribution in [1.82, 2.24) is 29.7 Å². The van der Waals surface area contributed by atoms with Crippen LogP contribution >= 0.6 is 0 Å². The van der Waals surface area contributed by atoms with Gasteiger partial charge in [0, 0.05) is 43.0 Å². The highest BCUT2D eigenvalue weighted by atomic mass is 19.1. The maximum Gasteiger partial charge on any atom is 0.182 e. The number of rotatable bonds is 6. The number of aryl methyl sites for hydroxylation is 2. The summed E-state index contributed by atoms with van der Waals surface area (Å²) in [5.74, 6) is -0.842. The first kappa shape index (κ1) is 23.4. The lowest BCUT2D eigenvalue weighted by Crippen LogP contribution is -2.20. The summed E-state index contributed by atoms with van der Waals surface area (Å²) in [4.78, 5) is 18.7. The first-order chi connectivity index (χ1) is 16.9. The third-order valence-electron chi connectivity index (χ3n) is 6.34. The Morgan fingerprint density at radius 2 is 1.94 bits per heavy atom. The molecule has 0 saturated carbocycles. The maximum absolute atomic E-state index is 14.8. The minimum atomic E-state index is -0.704. The van der Waals surface area contributed by atoms with Gasteiger partial charge in [0.2, 0.25) is 0 Å². The Bertz CT molecular complexity index is 1380. The molecule has 0 unspecified atom stereocenters. The van der Waals surface area contributed by atoms with Gasteiger partial charge in [-0.3, -0.25) is 4.68 Å².